The Bertz CT molecular complexity index is 736. The van der Waals surface area contributed by atoms with Crippen LogP contribution < -0.4 is 10.1 Å². The number of rotatable bonds is 4. The van der Waals surface area contributed by atoms with Crippen LogP contribution in [0.15, 0.2) is 30.5 Å². The average Bonchev–Trinajstić information content (AvgIpc) is 3.15. The highest BCUT2D eigenvalue weighted by molar-refractivity contribution is 5.84. The largest absolute Gasteiger partial charge is 0.497 e. The molecule has 3 rings (SSSR count). The van der Waals surface area contributed by atoms with Gasteiger partial charge in [-0.15, -0.1) is 0 Å². The Morgan fingerprint density at radius 3 is 2.86 bits per heavy atom. The van der Waals surface area contributed by atoms with Gasteiger partial charge in [-0.3, -0.25) is 4.79 Å². The minimum absolute atomic E-state index is 0.114. The molecule has 22 heavy (non-hydrogen) atoms. The number of hydrogen-bond acceptors (Lipinski definition) is 3. The smallest absolute Gasteiger partial charge is 0.241 e. The molecule has 1 aromatic carbocycles. The Morgan fingerprint density at radius 1 is 1.41 bits per heavy atom. The van der Waals surface area contributed by atoms with E-state index in [1.807, 2.05) is 35.0 Å². The van der Waals surface area contributed by atoms with Crippen molar-refractivity contribution in [3.8, 4) is 11.8 Å². The number of fused-ring (bicyclic) bond motifs is 1. The summed E-state index contributed by atoms with van der Waals surface area (Å²) in [7, 11) is 1.63. The predicted molar refractivity (Wildman–Crippen MR) is 83.4 cm³/mol. The summed E-state index contributed by atoms with van der Waals surface area (Å²) in [4.78, 5) is 12.3. The van der Waals surface area contributed by atoms with Crippen molar-refractivity contribution in [2.45, 2.75) is 37.8 Å². The topological polar surface area (TPSA) is 67.0 Å². The first kappa shape index (κ1) is 14.5. The molecule has 1 saturated carbocycles. The molecular formula is C17H19N3O2. The normalized spacial score (nSPS) is 16.4. The van der Waals surface area contributed by atoms with Crippen LogP contribution in [0.1, 0.15) is 25.7 Å². The predicted octanol–water partition coefficient (Wildman–Crippen LogP) is 2.60. The van der Waals surface area contributed by atoms with Gasteiger partial charge in [-0.05, 0) is 49.9 Å². The second-order valence-corrected chi connectivity index (χ2v) is 5.82. The lowest BCUT2D eigenvalue weighted by Crippen LogP contribution is -2.46. The van der Waals surface area contributed by atoms with Gasteiger partial charge in [0, 0.05) is 17.1 Å². The maximum atomic E-state index is 12.3. The number of amides is 1. The van der Waals surface area contributed by atoms with Crippen LogP contribution in [0.3, 0.4) is 0 Å². The quantitative estimate of drug-likeness (QED) is 0.943. The maximum absolute atomic E-state index is 12.3. The summed E-state index contributed by atoms with van der Waals surface area (Å²) in [6.07, 6.45) is 5.38. The van der Waals surface area contributed by atoms with Crippen molar-refractivity contribution in [1.29, 1.82) is 5.26 Å². The fourth-order valence-electron chi connectivity index (χ4n) is 3.15. The third kappa shape index (κ3) is 2.64. The van der Waals surface area contributed by atoms with E-state index in [4.69, 9.17) is 4.74 Å². The molecule has 0 radical (unpaired) electrons. The van der Waals surface area contributed by atoms with Crippen LogP contribution in [0.4, 0.5) is 0 Å². The van der Waals surface area contributed by atoms with E-state index in [1.165, 1.54) is 0 Å². The third-order valence-corrected chi connectivity index (χ3v) is 4.34. The van der Waals surface area contributed by atoms with Crippen LogP contribution in [0, 0.1) is 11.3 Å². The van der Waals surface area contributed by atoms with Crippen LogP contribution >= 0.6 is 0 Å². The zero-order valence-corrected chi connectivity index (χ0v) is 12.6. The molecule has 0 spiro atoms. The molecule has 1 N–H and O–H groups in total. The fraction of sp³-hybridized carbons (Fsp3) is 0.412. The van der Waals surface area contributed by atoms with Gasteiger partial charge in [0.1, 0.15) is 17.8 Å². The Kier molecular flexibility index (Phi) is 3.76. The molecule has 0 aliphatic heterocycles. The number of hydrogen-bond donors (Lipinski definition) is 1. The SMILES string of the molecule is COc1ccc2c(ccn2CC(=O)NC2(C#N)CCCC2)c1. The van der Waals surface area contributed by atoms with Crippen molar-refractivity contribution in [2.75, 3.05) is 7.11 Å². The fourth-order valence-corrected chi connectivity index (χ4v) is 3.15. The van der Waals surface area contributed by atoms with Crippen LogP contribution in [0.25, 0.3) is 10.9 Å². The summed E-state index contributed by atoms with van der Waals surface area (Å²) in [5, 5.41) is 13.3. The zero-order valence-electron chi connectivity index (χ0n) is 12.6. The first-order chi connectivity index (χ1) is 10.7. The first-order valence-corrected chi connectivity index (χ1v) is 7.51. The summed E-state index contributed by atoms with van der Waals surface area (Å²) in [6, 6.07) is 10.0. The molecule has 114 valence electrons. The van der Waals surface area contributed by atoms with Crippen molar-refractivity contribution >= 4 is 16.8 Å². The second-order valence-electron chi connectivity index (χ2n) is 5.82. The summed E-state index contributed by atoms with van der Waals surface area (Å²) in [5.74, 6) is 0.681. The van der Waals surface area contributed by atoms with Crippen LogP contribution in [0.2, 0.25) is 0 Å². The highest BCUT2D eigenvalue weighted by Crippen LogP contribution is 2.29. The summed E-state index contributed by atoms with van der Waals surface area (Å²) < 4.78 is 7.10. The molecule has 0 unspecified atom stereocenters. The van der Waals surface area contributed by atoms with E-state index in [-0.39, 0.29) is 12.5 Å². The number of carbonyl (C=O) groups is 1. The molecule has 1 aliphatic rings. The molecule has 1 aliphatic carbocycles. The summed E-state index contributed by atoms with van der Waals surface area (Å²) >= 11 is 0. The number of methoxy groups -OCH3 is 1. The van der Waals surface area contributed by atoms with E-state index in [9.17, 15) is 10.1 Å². The lowest BCUT2D eigenvalue weighted by molar-refractivity contribution is -0.122. The van der Waals surface area contributed by atoms with Crippen molar-refractivity contribution in [1.82, 2.24) is 9.88 Å². The van der Waals surface area contributed by atoms with Crippen LogP contribution in [-0.4, -0.2) is 23.1 Å². The first-order valence-electron chi connectivity index (χ1n) is 7.51. The molecule has 1 aromatic heterocycles. The molecule has 5 nitrogen and oxygen atoms in total. The monoisotopic (exact) mass is 297 g/mol. The van der Waals surface area contributed by atoms with Gasteiger partial charge in [-0.25, -0.2) is 0 Å². The zero-order chi connectivity index (χ0) is 15.6. The Morgan fingerprint density at radius 2 is 2.18 bits per heavy atom. The highest BCUT2D eigenvalue weighted by atomic mass is 16.5. The number of ether oxygens (including phenoxy) is 1. The van der Waals surface area contributed by atoms with Gasteiger partial charge < -0.3 is 14.6 Å². The number of carbonyl (C=O) groups excluding carboxylic acids is 1. The third-order valence-electron chi connectivity index (χ3n) is 4.34. The van der Waals surface area contributed by atoms with E-state index in [1.54, 1.807) is 7.11 Å². The molecule has 0 saturated heterocycles. The van der Waals surface area contributed by atoms with E-state index in [0.29, 0.717) is 0 Å². The van der Waals surface area contributed by atoms with E-state index in [2.05, 4.69) is 11.4 Å². The van der Waals surface area contributed by atoms with Crippen molar-refractivity contribution in [3.63, 3.8) is 0 Å². The average molecular weight is 297 g/mol. The number of nitriles is 1. The molecule has 2 aromatic rings. The summed E-state index contributed by atoms with van der Waals surface area (Å²) in [5.41, 5.74) is 0.317. The van der Waals surface area contributed by atoms with Gasteiger partial charge in [0.2, 0.25) is 5.91 Å². The number of nitrogens with one attached hydrogen (secondary N) is 1. The molecule has 5 heteroatoms. The lowest BCUT2D eigenvalue weighted by Gasteiger charge is -2.22. The molecule has 1 fully saturated rings. The molecular weight excluding hydrogens is 278 g/mol. The van der Waals surface area contributed by atoms with Crippen molar-refractivity contribution < 1.29 is 9.53 Å². The Labute approximate surface area is 129 Å². The Hall–Kier alpha value is -2.48. The highest BCUT2D eigenvalue weighted by Gasteiger charge is 2.35. The van der Waals surface area contributed by atoms with Crippen LogP contribution in [0.5, 0.6) is 5.75 Å². The minimum Gasteiger partial charge on any atom is -0.497 e. The summed E-state index contributed by atoms with van der Waals surface area (Å²) in [6.45, 7) is 0.221. The number of benzene rings is 1. The van der Waals surface area contributed by atoms with E-state index < -0.39 is 5.54 Å². The number of aromatic nitrogens is 1. The van der Waals surface area contributed by atoms with Gasteiger partial charge in [0.05, 0.1) is 13.2 Å². The minimum atomic E-state index is -0.663. The maximum Gasteiger partial charge on any atom is 0.241 e. The van der Waals surface area contributed by atoms with Gasteiger partial charge in [0.25, 0.3) is 0 Å². The van der Waals surface area contributed by atoms with Crippen molar-refractivity contribution in [3.05, 3.63) is 30.5 Å². The van der Waals surface area contributed by atoms with Gasteiger partial charge in [-0.1, -0.05) is 0 Å². The van der Waals surface area contributed by atoms with Crippen LogP contribution in [-0.2, 0) is 11.3 Å². The van der Waals surface area contributed by atoms with Gasteiger partial charge in [0.15, 0.2) is 0 Å². The van der Waals surface area contributed by atoms with Gasteiger partial charge >= 0.3 is 0 Å². The van der Waals surface area contributed by atoms with Gasteiger partial charge in [-0.2, -0.15) is 5.26 Å². The molecule has 1 heterocycles. The Balaban J connectivity index is 1.76. The number of nitrogens with zero attached hydrogens (tertiary/aromatic N) is 2. The molecule has 0 bridgehead atoms. The lowest BCUT2D eigenvalue weighted by atomic mass is 10.00. The molecule has 1 amide bonds. The van der Waals surface area contributed by atoms with E-state index in [0.717, 1.165) is 42.3 Å². The van der Waals surface area contributed by atoms with Crippen molar-refractivity contribution in [2.24, 2.45) is 0 Å². The van der Waals surface area contributed by atoms with E-state index >= 15 is 0 Å². The second kappa shape index (κ2) is 5.72. The standard InChI is InChI=1S/C17H19N3O2/c1-22-14-4-5-15-13(10-14)6-9-20(15)11-16(21)19-17(12-18)7-2-3-8-17/h4-6,9-10H,2-3,7-8,11H2,1H3,(H,19,21). The molecule has 0 atom stereocenters.